The minimum Gasteiger partial charge on any atom is -0.452 e. The lowest BCUT2D eigenvalue weighted by atomic mass is 10.1. The second-order valence-corrected chi connectivity index (χ2v) is 10.0. The van der Waals surface area contributed by atoms with Crippen LogP contribution in [0.1, 0.15) is 42.6 Å². The van der Waals surface area contributed by atoms with Crippen molar-refractivity contribution in [3.63, 3.8) is 0 Å². The van der Waals surface area contributed by atoms with Crippen LogP contribution in [0.3, 0.4) is 0 Å². The molecule has 1 fully saturated rings. The predicted octanol–water partition coefficient (Wildman–Crippen LogP) is 3.56. The van der Waals surface area contributed by atoms with Crippen molar-refractivity contribution in [2.45, 2.75) is 38.5 Å². The Bertz CT molecular complexity index is 1160. The van der Waals surface area contributed by atoms with Crippen LogP contribution in [0, 0.1) is 12.7 Å². The van der Waals surface area contributed by atoms with Crippen molar-refractivity contribution in [3.05, 3.63) is 53.3 Å². The quantitative estimate of drug-likeness (QED) is 0.539. The highest BCUT2D eigenvalue weighted by atomic mass is 32.2. The van der Waals surface area contributed by atoms with E-state index in [1.54, 1.807) is 32.9 Å². The number of nitrogens with zero attached hydrogens (tertiary/aromatic N) is 2. The summed E-state index contributed by atoms with van der Waals surface area (Å²) in [6.07, 6.45) is 1.91. The molecular formula is C24H30FN3O5S. The summed E-state index contributed by atoms with van der Waals surface area (Å²) in [5.74, 6) is -2.12. The van der Waals surface area contributed by atoms with E-state index in [0.717, 1.165) is 25.9 Å². The number of esters is 1. The molecule has 0 unspecified atom stereocenters. The Labute approximate surface area is 199 Å². The van der Waals surface area contributed by atoms with E-state index >= 15 is 0 Å². The summed E-state index contributed by atoms with van der Waals surface area (Å²) in [5, 5.41) is 2.38. The lowest BCUT2D eigenvalue weighted by Crippen LogP contribution is -2.31. The van der Waals surface area contributed by atoms with Gasteiger partial charge in [-0.1, -0.05) is 19.9 Å². The molecule has 1 amide bonds. The Hall–Kier alpha value is -2.98. The lowest BCUT2D eigenvalue weighted by Gasteiger charge is -2.23. The number of hydrogen-bond acceptors (Lipinski definition) is 6. The molecule has 10 heteroatoms. The highest BCUT2D eigenvalue weighted by Crippen LogP contribution is 2.29. The van der Waals surface area contributed by atoms with Crippen molar-refractivity contribution < 1.29 is 27.1 Å². The number of nitrogens with one attached hydrogen (secondary N) is 1. The van der Waals surface area contributed by atoms with Crippen molar-refractivity contribution in [2.75, 3.05) is 43.0 Å². The number of amides is 1. The maximum Gasteiger partial charge on any atom is 0.340 e. The van der Waals surface area contributed by atoms with Crippen LogP contribution in [-0.2, 0) is 19.6 Å². The average molecular weight is 492 g/mol. The number of halogens is 1. The van der Waals surface area contributed by atoms with Crippen LogP contribution in [-0.4, -0.2) is 57.4 Å². The van der Waals surface area contributed by atoms with Crippen molar-refractivity contribution in [1.82, 2.24) is 4.31 Å². The summed E-state index contributed by atoms with van der Waals surface area (Å²) < 4.78 is 46.5. The van der Waals surface area contributed by atoms with Crippen LogP contribution in [0.25, 0.3) is 0 Å². The predicted molar refractivity (Wildman–Crippen MR) is 128 cm³/mol. The number of anilines is 2. The monoisotopic (exact) mass is 491 g/mol. The van der Waals surface area contributed by atoms with Crippen LogP contribution < -0.4 is 10.2 Å². The Morgan fingerprint density at radius 3 is 2.38 bits per heavy atom. The molecule has 0 bridgehead atoms. The molecule has 3 rings (SSSR count). The Balaban J connectivity index is 1.82. The molecule has 184 valence electrons. The van der Waals surface area contributed by atoms with Gasteiger partial charge in [-0.05, 0) is 55.7 Å². The van der Waals surface area contributed by atoms with E-state index in [1.807, 2.05) is 4.90 Å². The van der Waals surface area contributed by atoms with E-state index in [0.29, 0.717) is 24.3 Å². The average Bonchev–Trinajstić information content (AvgIpc) is 3.34. The molecule has 0 saturated carbocycles. The molecule has 8 nitrogen and oxygen atoms in total. The van der Waals surface area contributed by atoms with Gasteiger partial charge in [0.05, 0.1) is 21.8 Å². The highest BCUT2D eigenvalue weighted by Gasteiger charge is 2.27. The minimum atomic E-state index is -3.79. The van der Waals surface area contributed by atoms with Gasteiger partial charge in [0, 0.05) is 26.2 Å². The molecule has 2 aromatic carbocycles. The summed E-state index contributed by atoms with van der Waals surface area (Å²) >= 11 is 0. The van der Waals surface area contributed by atoms with Gasteiger partial charge in [-0.15, -0.1) is 0 Å². The van der Waals surface area contributed by atoms with Crippen LogP contribution in [0.4, 0.5) is 15.8 Å². The van der Waals surface area contributed by atoms with Crippen LogP contribution in [0.5, 0.6) is 0 Å². The van der Waals surface area contributed by atoms with E-state index < -0.39 is 34.3 Å². The third kappa shape index (κ3) is 5.74. The molecule has 0 aromatic heterocycles. The zero-order chi connectivity index (χ0) is 24.9. The first-order valence-electron chi connectivity index (χ1n) is 11.3. The van der Waals surface area contributed by atoms with Crippen molar-refractivity contribution in [3.8, 4) is 0 Å². The van der Waals surface area contributed by atoms with Gasteiger partial charge in [0.2, 0.25) is 10.0 Å². The highest BCUT2D eigenvalue weighted by molar-refractivity contribution is 7.89. The van der Waals surface area contributed by atoms with Crippen LogP contribution in [0.15, 0.2) is 41.3 Å². The largest absolute Gasteiger partial charge is 0.452 e. The van der Waals surface area contributed by atoms with Crippen LogP contribution >= 0.6 is 0 Å². The number of sulfonamides is 1. The number of ether oxygens (including phenoxy) is 1. The fourth-order valence-electron chi connectivity index (χ4n) is 3.90. The van der Waals surface area contributed by atoms with Gasteiger partial charge in [-0.2, -0.15) is 4.31 Å². The molecule has 1 N–H and O–H groups in total. The molecule has 1 heterocycles. The number of benzene rings is 2. The smallest absolute Gasteiger partial charge is 0.340 e. The fraction of sp³-hybridized carbons (Fsp3) is 0.417. The first kappa shape index (κ1) is 25.6. The SMILES string of the molecule is CCN(CC)S(=O)(=O)c1ccc(N2CCCC2)c(C(=O)OCC(=O)Nc2ccc(C)cc2F)c1. The Morgan fingerprint density at radius 2 is 1.76 bits per heavy atom. The zero-order valence-corrected chi connectivity index (χ0v) is 20.5. The molecule has 1 saturated heterocycles. The summed E-state index contributed by atoms with van der Waals surface area (Å²) in [5.41, 5.74) is 1.32. The molecule has 1 aliphatic rings. The maximum atomic E-state index is 14.0. The normalized spacial score (nSPS) is 13.9. The second kappa shape index (κ2) is 11.0. The first-order chi connectivity index (χ1) is 16.2. The van der Waals surface area contributed by atoms with E-state index in [-0.39, 0.29) is 16.1 Å². The van der Waals surface area contributed by atoms with Gasteiger partial charge in [-0.3, -0.25) is 4.79 Å². The van der Waals surface area contributed by atoms with Crippen molar-refractivity contribution in [1.29, 1.82) is 0 Å². The van der Waals surface area contributed by atoms with Crippen molar-refractivity contribution in [2.24, 2.45) is 0 Å². The fourth-order valence-corrected chi connectivity index (χ4v) is 5.39. The van der Waals surface area contributed by atoms with Gasteiger partial charge in [-0.25, -0.2) is 17.6 Å². The summed E-state index contributed by atoms with van der Waals surface area (Å²) in [6, 6.07) is 8.77. The molecule has 0 spiro atoms. The maximum absolute atomic E-state index is 14.0. The third-order valence-corrected chi connectivity index (χ3v) is 7.76. The third-order valence-electron chi connectivity index (χ3n) is 5.71. The topological polar surface area (TPSA) is 96.0 Å². The number of hydrogen-bond donors (Lipinski definition) is 1. The van der Waals surface area contributed by atoms with Gasteiger partial charge in [0.15, 0.2) is 6.61 Å². The summed E-state index contributed by atoms with van der Waals surface area (Å²) in [4.78, 5) is 27.2. The van der Waals surface area contributed by atoms with Crippen LogP contribution in [0.2, 0.25) is 0 Å². The molecule has 1 aliphatic heterocycles. The molecule has 0 atom stereocenters. The first-order valence-corrected chi connectivity index (χ1v) is 12.7. The molecule has 0 radical (unpaired) electrons. The van der Waals surface area contributed by atoms with E-state index in [2.05, 4.69) is 5.32 Å². The molecule has 0 aliphatic carbocycles. The Morgan fingerprint density at radius 1 is 1.09 bits per heavy atom. The van der Waals surface area contributed by atoms with Gasteiger partial charge >= 0.3 is 5.97 Å². The minimum absolute atomic E-state index is 0.0164. The van der Waals surface area contributed by atoms with E-state index in [9.17, 15) is 22.4 Å². The number of rotatable bonds is 9. The van der Waals surface area contributed by atoms with E-state index in [4.69, 9.17) is 4.74 Å². The number of carbonyl (C=O) groups excluding carboxylic acids is 2. The number of carbonyl (C=O) groups is 2. The summed E-state index contributed by atoms with van der Waals surface area (Å²) in [6.45, 7) is 6.62. The van der Waals surface area contributed by atoms with Gasteiger partial charge in [0.25, 0.3) is 5.91 Å². The summed E-state index contributed by atoms with van der Waals surface area (Å²) in [7, 11) is -3.79. The van der Waals surface area contributed by atoms with Crippen molar-refractivity contribution >= 4 is 33.3 Å². The number of aryl methyl sites for hydroxylation is 1. The molecule has 2 aromatic rings. The molecule has 34 heavy (non-hydrogen) atoms. The standard InChI is InChI=1S/C24H30FN3O5S/c1-4-28(5-2)34(31,32)18-9-11-22(27-12-6-7-13-27)19(15-18)24(30)33-16-23(29)26-21-10-8-17(3)14-20(21)25/h8-11,14-15H,4-7,12-13,16H2,1-3H3,(H,26,29). The molecular weight excluding hydrogens is 461 g/mol. The Kier molecular flexibility index (Phi) is 8.27. The lowest BCUT2D eigenvalue weighted by molar-refractivity contribution is -0.119. The van der Waals surface area contributed by atoms with Gasteiger partial charge < -0.3 is 15.0 Å². The van der Waals surface area contributed by atoms with Gasteiger partial charge in [0.1, 0.15) is 5.82 Å². The van der Waals surface area contributed by atoms with E-state index in [1.165, 1.54) is 28.6 Å². The second-order valence-electron chi connectivity index (χ2n) is 8.07. The zero-order valence-electron chi connectivity index (χ0n) is 19.6.